The third-order valence-electron chi connectivity index (χ3n) is 2.84. The summed E-state index contributed by atoms with van der Waals surface area (Å²) in [6, 6.07) is 6.46. The minimum absolute atomic E-state index is 0.218. The van der Waals surface area contributed by atoms with Crippen LogP contribution in [0.3, 0.4) is 0 Å². The number of rotatable bonds is 8. The van der Waals surface area contributed by atoms with Crippen molar-refractivity contribution in [1.82, 2.24) is 4.98 Å². The van der Waals surface area contributed by atoms with Gasteiger partial charge < -0.3 is 5.11 Å². The molecule has 0 radical (unpaired) electrons. The van der Waals surface area contributed by atoms with E-state index in [-0.39, 0.29) is 12.4 Å². The Morgan fingerprint density at radius 1 is 1.15 bits per heavy atom. The van der Waals surface area contributed by atoms with Gasteiger partial charge in [0.2, 0.25) is 0 Å². The Morgan fingerprint density at radius 2 is 1.95 bits per heavy atom. The zero-order valence-corrected chi connectivity index (χ0v) is 12.9. The number of aryl methyl sites for hydroxylation is 1. The van der Waals surface area contributed by atoms with Crippen LogP contribution in [0.5, 0.6) is 0 Å². The number of hydrogen-bond acceptors (Lipinski definition) is 4. The van der Waals surface area contributed by atoms with Gasteiger partial charge in [0.05, 0.1) is 5.69 Å². The number of aromatic nitrogens is 1. The topological polar surface area (TPSA) is 33.1 Å². The van der Waals surface area contributed by atoms with Crippen LogP contribution in [0.2, 0.25) is 0 Å². The Labute approximate surface area is 127 Å². The lowest BCUT2D eigenvalue weighted by molar-refractivity contribution is 0.287. The van der Waals surface area contributed by atoms with Crippen molar-refractivity contribution in [2.75, 3.05) is 18.1 Å². The number of benzene rings is 1. The predicted octanol–water partition coefficient (Wildman–Crippen LogP) is 4.00. The van der Waals surface area contributed by atoms with Gasteiger partial charge in [-0.3, -0.25) is 0 Å². The number of unbranched alkanes of at least 4 members (excludes halogenated alkanes) is 1. The first-order valence-electron chi connectivity index (χ1n) is 6.68. The molecule has 0 bridgehead atoms. The molecular weight excluding hydrogens is 293 g/mol. The molecule has 0 aliphatic heterocycles. The van der Waals surface area contributed by atoms with Gasteiger partial charge in [0.15, 0.2) is 0 Å². The quantitative estimate of drug-likeness (QED) is 0.748. The summed E-state index contributed by atoms with van der Waals surface area (Å²) in [5.74, 6) is 1.93. The molecule has 2 nitrogen and oxygen atoms in total. The van der Waals surface area contributed by atoms with E-state index in [1.165, 1.54) is 12.1 Å². The van der Waals surface area contributed by atoms with Crippen LogP contribution in [0.1, 0.15) is 18.5 Å². The van der Waals surface area contributed by atoms with Crippen molar-refractivity contribution in [3.8, 4) is 10.6 Å². The molecule has 108 valence electrons. The molecule has 2 aromatic rings. The Bertz CT molecular complexity index is 513. The van der Waals surface area contributed by atoms with Crippen molar-refractivity contribution < 1.29 is 9.50 Å². The summed E-state index contributed by atoms with van der Waals surface area (Å²) < 4.78 is 12.9. The third-order valence-corrected chi connectivity index (χ3v) is 4.85. The van der Waals surface area contributed by atoms with Gasteiger partial charge in [-0.2, -0.15) is 11.8 Å². The van der Waals surface area contributed by atoms with Crippen LogP contribution in [0.25, 0.3) is 10.6 Å². The van der Waals surface area contributed by atoms with Crippen LogP contribution in [0.15, 0.2) is 29.6 Å². The monoisotopic (exact) mass is 311 g/mol. The fourth-order valence-corrected chi connectivity index (χ4v) is 3.57. The first kappa shape index (κ1) is 15.5. The van der Waals surface area contributed by atoms with Crippen LogP contribution in [0.4, 0.5) is 4.39 Å². The van der Waals surface area contributed by atoms with Crippen LogP contribution in [-0.2, 0) is 6.42 Å². The number of aliphatic hydroxyl groups is 1. The molecule has 1 aromatic carbocycles. The van der Waals surface area contributed by atoms with Crippen LogP contribution >= 0.6 is 23.1 Å². The zero-order chi connectivity index (χ0) is 14.2. The van der Waals surface area contributed by atoms with Gasteiger partial charge in [-0.25, -0.2) is 9.37 Å². The maximum Gasteiger partial charge on any atom is 0.123 e. The minimum atomic E-state index is -0.218. The van der Waals surface area contributed by atoms with Crippen molar-refractivity contribution >= 4 is 23.1 Å². The largest absolute Gasteiger partial charge is 0.396 e. The summed E-state index contributed by atoms with van der Waals surface area (Å²) in [7, 11) is 0. The van der Waals surface area contributed by atoms with E-state index in [0.717, 1.165) is 47.0 Å². The van der Waals surface area contributed by atoms with Gasteiger partial charge in [0.25, 0.3) is 0 Å². The maximum absolute atomic E-state index is 12.9. The predicted molar refractivity (Wildman–Crippen MR) is 84.9 cm³/mol. The van der Waals surface area contributed by atoms with E-state index >= 15 is 0 Å². The van der Waals surface area contributed by atoms with E-state index in [4.69, 9.17) is 5.11 Å². The zero-order valence-electron chi connectivity index (χ0n) is 11.2. The fraction of sp³-hybridized carbons (Fsp3) is 0.400. The molecule has 0 saturated heterocycles. The molecule has 5 heteroatoms. The number of halogens is 1. The summed E-state index contributed by atoms with van der Waals surface area (Å²) in [4.78, 5) is 4.59. The number of hydrogen-bond donors (Lipinski definition) is 1. The molecule has 0 saturated carbocycles. The van der Waals surface area contributed by atoms with Crippen LogP contribution in [-0.4, -0.2) is 28.2 Å². The van der Waals surface area contributed by atoms with Crippen molar-refractivity contribution in [3.05, 3.63) is 41.2 Å². The second kappa shape index (κ2) is 8.39. The van der Waals surface area contributed by atoms with Crippen molar-refractivity contribution in [1.29, 1.82) is 0 Å². The average molecular weight is 311 g/mol. The van der Waals surface area contributed by atoms with Crippen molar-refractivity contribution in [2.24, 2.45) is 0 Å². The van der Waals surface area contributed by atoms with Gasteiger partial charge in [-0.15, -0.1) is 11.3 Å². The smallest absolute Gasteiger partial charge is 0.123 e. The van der Waals surface area contributed by atoms with E-state index in [0.29, 0.717) is 0 Å². The summed E-state index contributed by atoms with van der Waals surface area (Å²) >= 11 is 3.50. The lowest BCUT2D eigenvalue weighted by Gasteiger charge is -1.99. The minimum Gasteiger partial charge on any atom is -0.396 e. The molecule has 0 amide bonds. The number of aliphatic hydroxyl groups excluding tert-OH is 1. The third kappa shape index (κ3) is 4.89. The molecule has 2 rings (SSSR count). The first-order valence-corrected chi connectivity index (χ1v) is 8.72. The first-order chi connectivity index (χ1) is 9.79. The van der Waals surface area contributed by atoms with Gasteiger partial charge in [0, 0.05) is 17.6 Å². The van der Waals surface area contributed by atoms with Gasteiger partial charge in [-0.1, -0.05) is 0 Å². The lowest BCUT2D eigenvalue weighted by atomic mass is 10.2. The van der Waals surface area contributed by atoms with E-state index in [1.54, 1.807) is 23.5 Å². The molecule has 1 aromatic heterocycles. The van der Waals surface area contributed by atoms with Gasteiger partial charge in [0.1, 0.15) is 10.8 Å². The molecular formula is C15H18FNOS2. The highest BCUT2D eigenvalue weighted by Gasteiger charge is 2.05. The molecule has 0 aliphatic rings. The highest BCUT2D eigenvalue weighted by molar-refractivity contribution is 7.99. The molecule has 1 heterocycles. The Hall–Kier alpha value is -0.910. The number of thioether (sulfide) groups is 1. The van der Waals surface area contributed by atoms with E-state index < -0.39 is 0 Å². The van der Waals surface area contributed by atoms with Crippen molar-refractivity contribution in [2.45, 2.75) is 19.3 Å². The average Bonchev–Trinajstić information content (AvgIpc) is 2.92. The molecule has 20 heavy (non-hydrogen) atoms. The molecule has 0 unspecified atom stereocenters. The number of thiazole rings is 1. The summed E-state index contributed by atoms with van der Waals surface area (Å²) in [5.41, 5.74) is 2.07. The normalized spacial score (nSPS) is 10.9. The standard InChI is InChI=1S/C15H18FNOS2/c16-13-5-3-12(4-6-13)15-17-14(11-20-15)7-10-19-9-2-1-8-18/h3-6,11,18H,1-2,7-10H2. The van der Waals surface area contributed by atoms with Crippen LogP contribution in [0, 0.1) is 5.82 Å². The summed E-state index contributed by atoms with van der Waals surface area (Å²) in [5, 5.41) is 11.7. The maximum atomic E-state index is 12.9. The van der Waals surface area contributed by atoms with Gasteiger partial charge in [-0.05, 0) is 55.0 Å². The van der Waals surface area contributed by atoms with E-state index in [1.807, 2.05) is 11.8 Å². The fourth-order valence-electron chi connectivity index (χ4n) is 1.74. The second-order valence-electron chi connectivity index (χ2n) is 4.44. The second-order valence-corrected chi connectivity index (χ2v) is 6.53. The van der Waals surface area contributed by atoms with Crippen LogP contribution < -0.4 is 0 Å². The molecule has 0 aliphatic carbocycles. The summed E-state index contributed by atoms with van der Waals surface area (Å²) in [6.45, 7) is 0.285. The molecule has 0 spiro atoms. The lowest BCUT2D eigenvalue weighted by Crippen LogP contribution is -1.92. The number of nitrogens with zero attached hydrogens (tertiary/aromatic N) is 1. The van der Waals surface area contributed by atoms with E-state index in [9.17, 15) is 4.39 Å². The molecule has 1 N–H and O–H groups in total. The van der Waals surface area contributed by atoms with E-state index in [2.05, 4.69) is 10.4 Å². The SMILES string of the molecule is OCCCCSCCc1csc(-c2ccc(F)cc2)n1. The molecule has 0 atom stereocenters. The van der Waals surface area contributed by atoms with Crippen molar-refractivity contribution in [3.63, 3.8) is 0 Å². The highest BCUT2D eigenvalue weighted by Crippen LogP contribution is 2.24. The highest BCUT2D eigenvalue weighted by atomic mass is 32.2. The summed E-state index contributed by atoms with van der Waals surface area (Å²) in [6.07, 6.45) is 2.92. The Morgan fingerprint density at radius 3 is 2.70 bits per heavy atom. The Balaban J connectivity index is 1.79. The molecule has 0 fully saturated rings. The van der Waals surface area contributed by atoms with Gasteiger partial charge >= 0.3 is 0 Å². The Kier molecular flexibility index (Phi) is 6.50.